The van der Waals surface area contributed by atoms with Crippen molar-refractivity contribution in [2.24, 2.45) is 0 Å². The number of aromatic nitrogens is 2. The number of amides is 1. The summed E-state index contributed by atoms with van der Waals surface area (Å²) in [5.74, 6) is 0. The number of nitrogens with one attached hydrogen (secondary N) is 1. The van der Waals surface area contributed by atoms with Crippen molar-refractivity contribution >= 4 is 6.09 Å². The van der Waals surface area contributed by atoms with Crippen molar-refractivity contribution in [1.29, 1.82) is 0 Å². The van der Waals surface area contributed by atoms with Crippen LogP contribution in [-0.4, -0.2) is 35.2 Å². The maximum absolute atomic E-state index is 11.7. The predicted molar refractivity (Wildman–Crippen MR) is 52.4 cm³/mol. The van der Waals surface area contributed by atoms with Gasteiger partial charge in [-0.2, -0.15) is 18.3 Å². The molecule has 0 unspecified atom stereocenters. The van der Waals surface area contributed by atoms with Gasteiger partial charge in [-0.1, -0.05) is 0 Å². The maximum Gasteiger partial charge on any atom is 0.422 e. The van der Waals surface area contributed by atoms with Gasteiger partial charge in [-0.25, -0.2) is 4.79 Å². The van der Waals surface area contributed by atoms with Crippen LogP contribution in [-0.2, 0) is 11.3 Å². The third-order valence-corrected chi connectivity index (χ3v) is 1.74. The number of nitrogens with zero attached hydrogens (tertiary/aromatic N) is 2. The van der Waals surface area contributed by atoms with Crippen molar-refractivity contribution in [1.82, 2.24) is 15.1 Å². The standard InChI is InChI=1S/C9H12F3N3O2/c1-7-4-14-15(5-7)3-2-13-8(16)17-6-9(10,11)12/h4-5H,2-3,6H2,1H3,(H,13,16). The van der Waals surface area contributed by atoms with Crippen molar-refractivity contribution < 1.29 is 22.7 Å². The van der Waals surface area contributed by atoms with Crippen molar-refractivity contribution in [2.75, 3.05) is 13.2 Å². The normalized spacial score (nSPS) is 11.3. The first-order chi connectivity index (χ1) is 7.87. The van der Waals surface area contributed by atoms with E-state index in [9.17, 15) is 18.0 Å². The van der Waals surface area contributed by atoms with Gasteiger partial charge < -0.3 is 10.1 Å². The lowest BCUT2D eigenvalue weighted by atomic mass is 10.4. The highest BCUT2D eigenvalue weighted by Gasteiger charge is 2.29. The SMILES string of the molecule is Cc1cnn(CCNC(=O)OCC(F)(F)F)c1. The molecule has 8 heteroatoms. The fourth-order valence-electron chi connectivity index (χ4n) is 1.06. The van der Waals surface area contributed by atoms with Gasteiger partial charge in [-0.3, -0.25) is 4.68 Å². The molecule has 0 atom stereocenters. The largest absolute Gasteiger partial charge is 0.440 e. The fraction of sp³-hybridized carbons (Fsp3) is 0.556. The molecule has 5 nitrogen and oxygen atoms in total. The number of rotatable bonds is 4. The lowest BCUT2D eigenvalue weighted by Crippen LogP contribution is -2.31. The molecular formula is C9H12F3N3O2. The Labute approximate surface area is 95.5 Å². The molecule has 0 saturated heterocycles. The molecule has 0 aromatic carbocycles. The van der Waals surface area contributed by atoms with Gasteiger partial charge >= 0.3 is 12.3 Å². The third-order valence-electron chi connectivity index (χ3n) is 1.74. The number of alkyl halides is 3. The summed E-state index contributed by atoms with van der Waals surface area (Å²) in [6.45, 7) is 0.793. The highest BCUT2D eigenvalue weighted by Crippen LogP contribution is 2.14. The maximum atomic E-state index is 11.7. The summed E-state index contributed by atoms with van der Waals surface area (Å²) >= 11 is 0. The molecule has 0 fully saturated rings. The van der Waals surface area contributed by atoms with Crippen LogP contribution in [0.15, 0.2) is 12.4 Å². The minimum absolute atomic E-state index is 0.151. The number of hydrogen-bond donors (Lipinski definition) is 1. The Kier molecular flexibility index (Phi) is 4.36. The van der Waals surface area contributed by atoms with Gasteiger partial charge in [0.25, 0.3) is 0 Å². The molecule has 0 saturated carbocycles. The topological polar surface area (TPSA) is 56.2 Å². The fourth-order valence-corrected chi connectivity index (χ4v) is 1.06. The summed E-state index contributed by atoms with van der Waals surface area (Å²) in [7, 11) is 0. The van der Waals surface area contributed by atoms with Crippen LogP contribution >= 0.6 is 0 Å². The molecule has 1 aromatic rings. The van der Waals surface area contributed by atoms with Gasteiger partial charge in [-0.05, 0) is 12.5 Å². The monoisotopic (exact) mass is 251 g/mol. The number of ether oxygens (including phenoxy) is 1. The van der Waals surface area contributed by atoms with E-state index in [0.29, 0.717) is 6.54 Å². The van der Waals surface area contributed by atoms with E-state index in [4.69, 9.17) is 0 Å². The van der Waals surface area contributed by atoms with Gasteiger partial charge in [0.1, 0.15) is 0 Å². The van der Waals surface area contributed by atoms with Crippen molar-refractivity contribution in [2.45, 2.75) is 19.6 Å². The third kappa shape index (κ3) is 5.79. The number of halogens is 3. The number of carbonyl (C=O) groups excluding carboxylic acids is 1. The van der Waals surface area contributed by atoms with Crippen LogP contribution in [0.3, 0.4) is 0 Å². The van der Waals surface area contributed by atoms with Crippen LogP contribution in [0.4, 0.5) is 18.0 Å². The first kappa shape index (κ1) is 13.3. The van der Waals surface area contributed by atoms with Crippen molar-refractivity contribution in [3.63, 3.8) is 0 Å². The summed E-state index contributed by atoms with van der Waals surface area (Å²) in [6, 6.07) is 0. The molecule has 1 aromatic heterocycles. The van der Waals surface area contributed by atoms with E-state index in [1.54, 1.807) is 17.1 Å². The number of alkyl carbamates (subject to hydrolysis) is 1. The quantitative estimate of drug-likeness (QED) is 0.881. The molecule has 0 spiro atoms. The molecule has 0 aliphatic heterocycles. The van der Waals surface area contributed by atoms with Crippen LogP contribution < -0.4 is 5.32 Å². The van der Waals surface area contributed by atoms with Gasteiger partial charge in [0.15, 0.2) is 6.61 Å². The Hall–Kier alpha value is -1.73. The average molecular weight is 251 g/mol. The molecule has 1 N–H and O–H groups in total. The summed E-state index contributed by atoms with van der Waals surface area (Å²) in [6.07, 6.45) is -2.20. The van der Waals surface area contributed by atoms with E-state index >= 15 is 0 Å². The van der Waals surface area contributed by atoms with Crippen LogP contribution in [0.25, 0.3) is 0 Å². The Balaban J connectivity index is 2.16. The zero-order valence-corrected chi connectivity index (χ0v) is 9.12. The Bertz CT molecular complexity index is 376. The molecule has 0 bridgehead atoms. The first-order valence-electron chi connectivity index (χ1n) is 4.83. The molecule has 0 aliphatic carbocycles. The lowest BCUT2D eigenvalue weighted by molar-refractivity contribution is -0.160. The minimum atomic E-state index is -4.50. The van der Waals surface area contributed by atoms with Crippen LogP contribution in [0.1, 0.15) is 5.56 Å². The second-order valence-corrected chi connectivity index (χ2v) is 3.40. The second kappa shape index (κ2) is 5.55. The van der Waals surface area contributed by atoms with E-state index in [1.807, 2.05) is 6.92 Å². The summed E-state index contributed by atoms with van der Waals surface area (Å²) in [4.78, 5) is 10.8. The zero-order valence-electron chi connectivity index (χ0n) is 9.12. The Morgan fingerprint density at radius 2 is 2.29 bits per heavy atom. The van der Waals surface area contributed by atoms with Gasteiger partial charge in [0.2, 0.25) is 0 Å². The van der Waals surface area contributed by atoms with E-state index in [1.165, 1.54) is 0 Å². The van der Waals surface area contributed by atoms with Gasteiger partial charge in [0.05, 0.1) is 12.7 Å². The summed E-state index contributed by atoms with van der Waals surface area (Å²) in [5.41, 5.74) is 0.963. The van der Waals surface area contributed by atoms with Crippen LogP contribution in [0.5, 0.6) is 0 Å². The van der Waals surface area contributed by atoms with E-state index in [-0.39, 0.29) is 6.54 Å². The van der Waals surface area contributed by atoms with Crippen LogP contribution in [0.2, 0.25) is 0 Å². The number of carbonyl (C=O) groups is 1. The molecule has 1 amide bonds. The van der Waals surface area contributed by atoms with E-state index < -0.39 is 18.9 Å². The minimum Gasteiger partial charge on any atom is -0.440 e. The molecular weight excluding hydrogens is 239 g/mol. The molecule has 0 radical (unpaired) electrons. The molecule has 96 valence electrons. The lowest BCUT2D eigenvalue weighted by Gasteiger charge is -2.08. The molecule has 1 rings (SSSR count). The number of aryl methyl sites for hydroxylation is 1. The van der Waals surface area contributed by atoms with Gasteiger partial charge in [-0.15, -0.1) is 0 Å². The zero-order chi connectivity index (χ0) is 12.9. The Morgan fingerprint density at radius 3 is 2.82 bits per heavy atom. The van der Waals surface area contributed by atoms with Gasteiger partial charge in [0, 0.05) is 12.7 Å². The highest BCUT2D eigenvalue weighted by atomic mass is 19.4. The van der Waals surface area contributed by atoms with Crippen molar-refractivity contribution in [3.8, 4) is 0 Å². The molecule has 0 aliphatic rings. The summed E-state index contributed by atoms with van der Waals surface area (Å²) in [5, 5.41) is 6.13. The molecule has 17 heavy (non-hydrogen) atoms. The average Bonchev–Trinajstić information content (AvgIpc) is 2.60. The number of hydrogen-bond acceptors (Lipinski definition) is 3. The molecule has 1 heterocycles. The highest BCUT2D eigenvalue weighted by molar-refractivity contribution is 5.67. The summed E-state index contributed by atoms with van der Waals surface area (Å²) < 4.78 is 40.6. The van der Waals surface area contributed by atoms with E-state index in [2.05, 4.69) is 15.2 Å². The van der Waals surface area contributed by atoms with Crippen LogP contribution in [0, 0.1) is 6.92 Å². The van der Waals surface area contributed by atoms with E-state index in [0.717, 1.165) is 5.56 Å². The predicted octanol–water partition coefficient (Wildman–Crippen LogP) is 1.48. The smallest absolute Gasteiger partial charge is 0.422 e. The van der Waals surface area contributed by atoms with Crippen molar-refractivity contribution in [3.05, 3.63) is 18.0 Å². The Morgan fingerprint density at radius 1 is 1.59 bits per heavy atom. The first-order valence-corrected chi connectivity index (χ1v) is 4.83. The second-order valence-electron chi connectivity index (χ2n) is 3.40.